The molecular formula is C17H22N2O2S. The van der Waals surface area contributed by atoms with Crippen LogP contribution in [0.4, 0.5) is 0 Å². The van der Waals surface area contributed by atoms with Crippen molar-refractivity contribution in [3.63, 3.8) is 0 Å². The Morgan fingerprint density at radius 1 is 1.27 bits per heavy atom. The van der Waals surface area contributed by atoms with Crippen LogP contribution in [0.3, 0.4) is 0 Å². The molecule has 1 N–H and O–H groups in total. The maximum absolute atomic E-state index is 12.0. The Morgan fingerprint density at radius 2 is 2.05 bits per heavy atom. The molecule has 0 aliphatic heterocycles. The van der Waals surface area contributed by atoms with E-state index in [2.05, 4.69) is 18.3 Å². The van der Waals surface area contributed by atoms with Gasteiger partial charge in [-0.25, -0.2) is 0 Å². The molecule has 2 rings (SSSR count). The zero-order valence-electron chi connectivity index (χ0n) is 13.2. The highest BCUT2D eigenvalue weighted by molar-refractivity contribution is 8.00. The first-order valence-corrected chi connectivity index (χ1v) is 8.21. The summed E-state index contributed by atoms with van der Waals surface area (Å²) < 4.78 is 5.44. The summed E-state index contributed by atoms with van der Waals surface area (Å²) >= 11 is 1.56. The van der Waals surface area contributed by atoms with Crippen molar-refractivity contribution in [2.45, 2.75) is 17.9 Å². The first-order chi connectivity index (χ1) is 10.6. The molecule has 1 heterocycles. The molecule has 1 aromatic carbocycles. The molecule has 0 aliphatic carbocycles. The van der Waals surface area contributed by atoms with Gasteiger partial charge in [0.1, 0.15) is 5.76 Å². The van der Waals surface area contributed by atoms with Crippen molar-refractivity contribution in [3.8, 4) is 0 Å². The molecule has 1 amide bonds. The van der Waals surface area contributed by atoms with E-state index in [1.807, 2.05) is 49.3 Å². The predicted octanol–water partition coefficient (Wildman–Crippen LogP) is 3.10. The van der Waals surface area contributed by atoms with E-state index in [1.54, 1.807) is 18.0 Å². The Labute approximate surface area is 135 Å². The first kappa shape index (κ1) is 16.6. The minimum Gasteiger partial charge on any atom is -0.468 e. The topological polar surface area (TPSA) is 45.5 Å². The SMILES string of the molecule is Cc1ccccc1SCC(=O)NCC(c1ccco1)N(C)C. The number of benzene rings is 1. The van der Waals surface area contributed by atoms with Gasteiger partial charge in [-0.05, 0) is 44.8 Å². The van der Waals surface area contributed by atoms with Crippen molar-refractivity contribution >= 4 is 17.7 Å². The maximum atomic E-state index is 12.0. The van der Waals surface area contributed by atoms with Gasteiger partial charge in [0.15, 0.2) is 0 Å². The molecule has 1 atom stereocenters. The number of likely N-dealkylation sites (N-methyl/N-ethyl adjacent to an activating group) is 1. The molecule has 0 fully saturated rings. The van der Waals surface area contributed by atoms with Gasteiger partial charge < -0.3 is 9.73 Å². The van der Waals surface area contributed by atoms with E-state index in [1.165, 1.54) is 5.56 Å². The Bertz CT molecular complexity index is 596. The Balaban J connectivity index is 1.83. The van der Waals surface area contributed by atoms with Crippen molar-refractivity contribution in [1.29, 1.82) is 0 Å². The lowest BCUT2D eigenvalue weighted by Crippen LogP contribution is -2.35. The summed E-state index contributed by atoms with van der Waals surface area (Å²) in [5, 5.41) is 2.98. The van der Waals surface area contributed by atoms with E-state index in [0.29, 0.717) is 12.3 Å². The zero-order chi connectivity index (χ0) is 15.9. The van der Waals surface area contributed by atoms with Crippen LogP contribution >= 0.6 is 11.8 Å². The van der Waals surface area contributed by atoms with Crippen LogP contribution in [0.5, 0.6) is 0 Å². The molecule has 5 heteroatoms. The van der Waals surface area contributed by atoms with E-state index in [-0.39, 0.29) is 11.9 Å². The second kappa shape index (κ2) is 8.06. The van der Waals surface area contributed by atoms with Crippen molar-refractivity contribution < 1.29 is 9.21 Å². The Morgan fingerprint density at radius 3 is 2.68 bits per heavy atom. The van der Waals surface area contributed by atoms with E-state index in [9.17, 15) is 4.79 Å². The molecule has 1 aromatic heterocycles. The quantitative estimate of drug-likeness (QED) is 0.797. The standard InChI is InChI=1S/C17H22N2O2S/c1-13-7-4-5-9-16(13)22-12-17(20)18-11-14(19(2)3)15-8-6-10-21-15/h4-10,14H,11-12H2,1-3H3,(H,18,20). The molecule has 22 heavy (non-hydrogen) atoms. The van der Waals surface area contributed by atoms with E-state index >= 15 is 0 Å². The molecule has 0 radical (unpaired) electrons. The van der Waals surface area contributed by atoms with Gasteiger partial charge in [0, 0.05) is 11.4 Å². The van der Waals surface area contributed by atoms with Gasteiger partial charge in [0.2, 0.25) is 5.91 Å². The van der Waals surface area contributed by atoms with Crippen LogP contribution in [0.2, 0.25) is 0 Å². The number of hydrogen-bond donors (Lipinski definition) is 1. The average molecular weight is 318 g/mol. The molecule has 118 valence electrons. The molecule has 1 unspecified atom stereocenters. The van der Waals surface area contributed by atoms with Crippen molar-refractivity contribution in [1.82, 2.24) is 10.2 Å². The van der Waals surface area contributed by atoms with Crippen molar-refractivity contribution in [3.05, 3.63) is 54.0 Å². The number of hydrogen-bond acceptors (Lipinski definition) is 4. The Hall–Kier alpha value is -1.72. The smallest absolute Gasteiger partial charge is 0.230 e. The predicted molar refractivity (Wildman–Crippen MR) is 90.0 cm³/mol. The van der Waals surface area contributed by atoms with Gasteiger partial charge in [-0.2, -0.15) is 0 Å². The summed E-state index contributed by atoms with van der Waals surface area (Å²) in [4.78, 5) is 15.2. The normalized spacial score (nSPS) is 12.4. The number of nitrogens with one attached hydrogen (secondary N) is 1. The monoisotopic (exact) mass is 318 g/mol. The molecule has 0 saturated carbocycles. The van der Waals surface area contributed by atoms with Gasteiger partial charge in [-0.15, -0.1) is 11.8 Å². The summed E-state index contributed by atoms with van der Waals surface area (Å²) in [5.74, 6) is 1.31. The summed E-state index contributed by atoms with van der Waals surface area (Å²) in [6.07, 6.45) is 1.65. The highest BCUT2D eigenvalue weighted by Gasteiger charge is 2.17. The molecule has 0 saturated heterocycles. The van der Waals surface area contributed by atoms with Crippen LogP contribution in [0.1, 0.15) is 17.4 Å². The third-order valence-electron chi connectivity index (χ3n) is 3.44. The third-order valence-corrected chi connectivity index (χ3v) is 4.62. The van der Waals surface area contributed by atoms with Crippen LogP contribution in [0.25, 0.3) is 0 Å². The van der Waals surface area contributed by atoms with Gasteiger partial charge >= 0.3 is 0 Å². The van der Waals surface area contributed by atoms with Crippen LogP contribution in [-0.2, 0) is 4.79 Å². The van der Waals surface area contributed by atoms with Gasteiger partial charge in [0.05, 0.1) is 18.1 Å². The number of carbonyl (C=O) groups is 1. The summed E-state index contributed by atoms with van der Waals surface area (Å²) in [7, 11) is 3.95. The Kier molecular flexibility index (Phi) is 6.10. The number of aryl methyl sites for hydroxylation is 1. The average Bonchev–Trinajstić information content (AvgIpc) is 3.00. The lowest BCUT2D eigenvalue weighted by molar-refractivity contribution is -0.118. The van der Waals surface area contributed by atoms with Crippen LogP contribution < -0.4 is 5.32 Å². The van der Waals surface area contributed by atoms with Crippen LogP contribution in [0, 0.1) is 6.92 Å². The molecule has 2 aromatic rings. The molecule has 0 spiro atoms. The largest absolute Gasteiger partial charge is 0.468 e. The lowest BCUT2D eigenvalue weighted by atomic mass is 10.2. The lowest BCUT2D eigenvalue weighted by Gasteiger charge is -2.22. The van der Waals surface area contributed by atoms with Gasteiger partial charge in [-0.3, -0.25) is 9.69 Å². The van der Waals surface area contributed by atoms with Crippen LogP contribution in [-0.4, -0.2) is 37.2 Å². The number of amides is 1. The van der Waals surface area contributed by atoms with Crippen molar-refractivity contribution in [2.24, 2.45) is 0 Å². The number of nitrogens with zero attached hydrogens (tertiary/aromatic N) is 1. The number of carbonyl (C=O) groups excluding carboxylic acids is 1. The second-order valence-corrected chi connectivity index (χ2v) is 6.37. The molecule has 4 nitrogen and oxygen atoms in total. The highest BCUT2D eigenvalue weighted by Crippen LogP contribution is 2.21. The first-order valence-electron chi connectivity index (χ1n) is 7.23. The summed E-state index contributed by atoms with van der Waals surface area (Å²) in [5.41, 5.74) is 1.20. The summed E-state index contributed by atoms with van der Waals surface area (Å²) in [6.45, 7) is 2.59. The van der Waals surface area contributed by atoms with Crippen LogP contribution in [0.15, 0.2) is 52.0 Å². The van der Waals surface area contributed by atoms with E-state index in [4.69, 9.17) is 4.42 Å². The zero-order valence-corrected chi connectivity index (χ0v) is 14.0. The van der Waals surface area contributed by atoms with Crippen molar-refractivity contribution in [2.75, 3.05) is 26.4 Å². The molecule has 0 aliphatic rings. The number of thioether (sulfide) groups is 1. The molecular weight excluding hydrogens is 296 g/mol. The fraction of sp³-hybridized carbons (Fsp3) is 0.353. The van der Waals surface area contributed by atoms with Gasteiger partial charge in [-0.1, -0.05) is 18.2 Å². The number of rotatable bonds is 7. The fourth-order valence-corrected chi connectivity index (χ4v) is 3.00. The minimum absolute atomic E-state index is 0.0339. The third kappa shape index (κ3) is 4.64. The summed E-state index contributed by atoms with van der Waals surface area (Å²) in [6, 6.07) is 11.9. The number of furan rings is 1. The van der Waals surface area contributed by atoms with E-state index in [0.717, 1.165) is 10.7 Å². The van der Waals surface area contributed by atoms with E-state index < -0.39 is 0 Å². The molecule has 0 bridgehead atoms. The fourth-order valence-electron chi connectivity index (χ4n) is 2.14. The second-order valence-electron chi connectivity index (χ2n) is 5.35. The van der Waals surface area contributed by atoms with Gasteiger partial charge in [0.25, 0.3) is 0 Å². The minimum atomic E-state index is 0.0339. The maximum Gasteiger partial charge on any atom is 0.230 e. The highest BCUT2D eigenvalue weighted by atomic mass is 32.2.